The van der Waals surface area contributed by atoms with E-state index in [9.17, 15) is 9.65 Å². The maximum atomic E-state index is 13.7. The lowest BCUT2D eigenvalue weighted by molar-refractivity contribution is 0.251. The monoisotopic (exact) mass is 264 g/mol. The van der Waals surface area contributed by atoms with Crippen molar-refractivity contribution < 1.29 is 9.13 Å². The first-order valence-corrected chi connectivity index (χ1v) is 6.45. The van der Waals surface area contributed by atoms with Gasteiger partial charge in [-0.25, -0.2) is 4.39 Å². The highest BCUT2D eigenvalue weighted by Crippen LogP contribution is 2.20. The molecule has 1 aromatic carbocycles. The molecule has 0 bridgehead atoms. The van der Waals surface area contributed by atoms with E-state index in [1.165, 1.54) is 0 Å². The molecule has 0 aliphatic heterocycles. The quantitative estimate of drug-likeness (QED) is 0.858. The van der Waals surface area contributed by atoms with Crippen LogP contribution >= 0.6 is 0 Å². The highest BCUT2D eigenvalue weighted by Gasteiger charge is 2.24. The highest BCUT2D eigenvalue weighted by atomic mass is 19.1. The van der Waals surface area contributed by atoms with Crippen LogP contribution in [0.1, 0.15) is 32.8 Å². The van der Waals surface area contributed by atoms with Crippen molar-refractivity contribution in [1.29, 1.82) is 5.26 Å². The molecule has 0 heterocycles. The Kier molecular flexibility index (Phi) is 5.31. The summed E-state index contributed by atoms with van der Waals surface area (Å²) in [7, 11) is 0. The second-order valence-electron chi connectivity index (χ2n) is 5.23. The first-order valence-electron chi connectivity index (χ1n) is 6.45. The van der Waals surface area contributed by atoms with Gasteiger partial charge in [0.05, 0.1) is 12.7 Å². The van der Waals surface area contributed by atoms with Crippen molar-refractivity contribution in [2.24, 2.45) is 0 Å². The zero-order chi connectivity index (χ0) is 14.5. The molecular formula is C15H21FN2O. The van der Waals surface area contributed by atoms with Crippen LogP contribution in [0.5, 0.6) is 5.75 Å². The summed E-state index contributed by atoms with van der Waals surface area (Å²) in [6.07, 6.45) is 0.495. The van der Waals surface area contributed by atoms with Crippen LogP contribution in [-0.4, -0.2) is 18.2 Å². The number of nitriles is 1. The molecule has 0 aliphatic rings. The molecule has 0 amide bonds. The van der Waals surface area contributed by atoms with Crippen molar-refractivity contribution in [3.05, 3.63) is 29.6 Å². The first-order chi connectivity index (χ1) is 8.88. The molecule has 3 nitrogen and oxygen atoms in total. The molecule has 1 rings (SSSR count). The Bertz CT molecular complexity index is 468. The van der Waals surface area contributed by atoms with E-state index in [1.54, 1.807) is 25.1 Å². The van der Waals surface area contributed by atoms with Crippen LogP contribution in [0.25, 0.3) is 0 Å². The summed E-state index contributed by atoms with van der Waals surface area (Å²) < 4.78 is 19.1. The van der Waals surface area contributed by atoms with Gasteiger partial charge in [0.15, 0.2) is 11.6 Å². The standard InChI is InChI=1S/C15H21FN2O/c1-11(2)18-15(4,10-17)8-9-19-13-7-5-6-12(3)14(13)16/h5-7,11,18H,8-9H2,1-4H3. The number of nitrogens with one attached hydrogen (secondary N) is 1. The van der Waals surface area contributed by atoms with Crippen LogP contribution in [0, 0.1) is 24.1 Å². The largest absolute Gasteiger partial charge is 0.490 e. The first kappa shape index (κ1) is 15.5. The van der Waals surface area contributed by atoms with E-state index in [4.69, 9.17) is 4.74 Å². The molecule has 0 aromatic heterocycles. The third-order valence-corrected chi connectivity index (χ3v) is 2.87. The fraction of sp³-hybridized carbons (Fsp3) is 0.533. The van der Waals surface area contributed by atoms with E-state index in [-0.39, 0.29) is 17.6 Å². The fourth-order valence-corrected chi connectivity index (χ4v) is 1.89. The topological polar surface area (TPSA) is 45.0 Å². The van der Waals surface area contributed by atoms with Crippen molar-refractivity contribution >= 4 is 0 Å². The van der Waals surface area contributed by atoms with Gasteiger partial charge < -0.3 is 4.74 Å². The summed E-state index contributed by atoms with van der Waals surface area (Å²) in [6.45, 7) is 7.78. The molecule has 0 fully saturated rings. The summed E-state index contributed by atoms with van der Waals surface area (Å²) in [4.78, 5) is 0. The second-order valence-corrected chi connectivity index (χ2v) is 5.23. The Hall–Kier alpha value is -1.60. The van der Waals surface area contributed by atoms with E-state index >= 15 is 0 Å². The van der Waals surface area contributed by atoms with Crippen LogP contribution in [-0.2, 0) is 0 Å². The van der Waals surface area contributed by atoms with Crippen molar-refractivity contribution in [2.45, 2.75) is 45.7 Å². The van der Waals surface area contributed by atoms with Crippen LogP contribution in [0.4, 0.5) is 4.39 Å². The third-order valence-electron chi connectivity index (χ3n) is 2.87. The smallest absolute Gasteiger partial charge is 0.167 e. The number of aryl methyl sites for hydroxylation is 1. The number of rotatable bonds is 6. The van der Waals surface area contributed by atoms with Crippen LogP contribution in [0.3, 0.4) is 0 Å². The number of ether oxygens (including phenoxy) is 1. The number of benzene rings is 1. The molecule has 4 heteroatoms. The Labute approximate surface area is 114 Å². The van der Waals surface area contributed by atoms with E-state index in [0.29, 0.717) is 18.6 Å². The van der Waals surface area contributed by atoms with Gasteiger partial charge in [0.25, 0.3) is 0 Å². The molecule has 104 valence electrons. The average Bonchev–Trinajstić information content (AvgIpc) is 2.33. The Morgan fingerprint density at radius 2 is 2.16 bits per heavy atom. The van der Waals surface area contributed by atoms with Gasteiger partial charge in [-0.1, -0.05) is 12.1 Å². The predicted molar refractivity (Wildman–Crippen MR) is 73.5 cm³/mol. The predicted octanol–water partition coefficient (Wildman–Crippen LogP) is 3.18. The molecule has 0 saturated heterocycles. The van der Waals surface area contributed by atoms with Crippen molar-refractivity contribution in [1.82, 2.24) is 5.32 Å². The number of hydrogen-bond acceptors (Lipinski definition) is 3. The molecule has 1 atom stereocenters. The molecule has 0 saturated carbocycles. The normalized spacial score (nSPS) is 13.9. The summed E-state index contributed by atoms with van der Waals surface area (Å²) in [5.74, 6) is -0.0946. The molecule has 1 aromatic rings. The zero-order valence-electron chi connectivity index (χ0n) is 12.0. The van der Waals surface area contributed by atoms with Gasteiger partial charge in [-0.2, -0.15) is 5.26 Å². The van der Waals surface area contributed by atoms with Gasteiger partial charge in [-0.3, -0.25) is 5.32 Å². The maximum absolute atomic E-state index is 13.7. The van der Waals surface area contributed by atoms with Gasteiger partial charge in [0.2, 0.25) is 0 Å². The van der Waals surface area contributed by atoms with Crippen LogP contribution < -0.4 is 10.1 Å². The van der Waals surface area contributed by atoms with Gasteiger partial charge >= 0.3 is 0 Å². The van der Waals surface area contributed by atoms with Gasteiger partial charge in [0.1, 0.15) is 5.54 Å². The number of hydrogen-bond donors (Lipinski definition) is 1. The molecular weight excluding hydrogens is 243 g/mol. The van der Waals surface area contributed by atoms with Crippen LogP contribution in [0.2, 0.25) is 0 Å². The molecule has 1 N–H and O–H groups in total. The molecule has 19 heavy (non-hydrogen) atoms. The lowest BCUT2D eigenvalue weighted by atomic mass is 9.99. The molecule has 0 aliphatic carbocycles. The second kappa shape index (κ2) is 6.53. The van der Waals surface area contributed by atoms with Gasteiger partial charge in [0, 0.05) is 12.5 Å². The minimum atomic E-state index is -0.658. The van der Waals surface area contributed by atoms with Gasteiger partial charge in [-0.15, -0.1) is 0 Å². The Balaban J connectivity index is 2.58. The number of halogens is 1. The van der Waals surface area contributed by atoms with E-state index in [0.717, 1.165) is 0 Å². The van der Waals surface area contributed by atoms with Gasteiger partial charge in [-0.05, 0) is 39.3 Å². The minimum absolute atomic E-state index is 0.209. The number of nitrogens with zero attached hydrogens (tertiary/aromatic N) is 1. The summed E-state index contributed by atoms with van der Waals surface area (Å²) in [5, 5.41) is 12.4. The molecule has 0 spiro atoms. The fourth-order valence-electron chi connectivity index (χ4n) is 1.89. The van der Waals surface area contributed by atoms with Crippen molar-refractivity contribution in [3.8, 4) is 11.8 Å². The SMILES string of the molecule is Cc1cccc(OCCC(C)(C#N)NC(C)C)c1F. The third kappa shape index (κ3) is 4.53. The summed E-state index contributed by atoms with van der Waals surface area (Å²) in [5.41, 5.74) is -0.102. The van der Waals surface area contributed by atoms with E-state index in [1.807, 2.05) is 20.8 Å². The van der Waals surface area contributed by atoms with Crippen molar-refractivity contribution in [2.75, 3.05) is 6.61 Å². The molecule has 0 radical (unpaired) electrons. The molecule has 1 unspecified atom stereocenters. The van der Waals surface area contributed by atoms with E-state index in [2.05, 4.69) is 11.4 Å². The summed E-state index contributed by atoms with van der Waals surface area (Å²) in [6, 6.07) is 7.49. The van der Waals surface area contributed by atoms with Crippen LogP contribution in [0.15, 0.2) is 18.2 Å². The Morgan fingerprint density at radius 1 is 1.47 bits per heavy atom. The Morgan fingerprint density at radius 3 is 2.74 bits per heavy atom. The van der Waals surface area contributed by atoms with E-state index < -0.39 is 5.54 Å². The average molecular weight is 264 g/mol. The lowest BCUT2D eigenvalue weighted by Gasteiger charge is -2.25. The maximum Gasteiger partial charge on any atom is 0.167 e. The zero-order valence-corrected chi connectivity index (χ0v) is 12.0. The minimum Gasteiger partial charge on any atom is -0.490 e. The lowest BCUT2D eigenvalue weighted by Crippen LogP contribution is -2.45. The highest BCUT2D eigenvalue weighted by molar-refractivity contribution is 5.30. The summed E-state index contributed by atoms with van der Waals surface area (Å²) >= 11 is 0. The van der Waals surface area contributed by atoms with Crippen molar-refractivity contribution in [3.63, 3.8) is 0 Å².